The zero-order chi connectivity index (χ0) is 11.2. The van der Waals surface area contributed by atoms with E-state index in [4.69, 9.17) is 0 Å². The van der Waals surface area contributed by atoms with Gasteiger partial charge in [0.1, 0.15) is 0 Å². The van der Waals surface area contributed by atoms with Crippen molar-refractivity contribution in [2.75, 3.05) is 0 Å². The molecule has 0 saturated heterocycles. The van der Waals surface area contributed by atoms with Crippen LogP contribution in [0.4, 0.5) is 0 Å². The van der Waals surface area contributed by atoms with E-state index in [-0.39, 0.29) is 6.10 Å². The van der Waals surface area contributed by atoms with Gasteiger partial charge in [0.05, 0.1) is 6.10 Å². The Hall–Kier alpha value is -1.74. The zero-order valence-electron chi connectivity index (χ0n) is 8.95. The van der Waals surface area contributed by atoms with Crippen molar-refractivity contribution >= 4 is 0 Å². The standard InChI is InChI=1S/C13H14N2O/c16-13(8-11-3-6-14-7-4-11)9-12-2-1-5-15-10-12/h1-7,10,13,16H,8-9H2. The predicted molar refractivity (Wildman–Crippen MR) is 61.9 cm³/mol. The van der Waals surface area contributed by atoms with Crippen molar-refractivity contribution < 1.29 is 5.11 Å². The van der Waals surface area contributed by atoms with Crippen LogP contribution in [0.2, 0.25) is 0 Å². The largest absolute Gasteiger partial charge is 0.392 e. The number of aliphatic hydroxyl groups is 1. The highest BCUT2D eigenvalue weighted by Crippen LogP contribution is 2.07. The van der Waals surface area contributed by atoms with E-state index in [2.05, 4.69) is 9.97 Å². The Bertz CT molecular complexity index is 375. The van der Waals surface area contributed by atoms with Crippen molar-refractivity contribution in [2.45, 2.75) is 18.9 Å². The van der Waals surface area contributed by atoms with Gasteiger partial charge in [-0.25, -0.2) is 0 Å². The van der Waals surface area contributed by atoms with Gasteiger partial charge in [0.2, 0.25) is 0 Å². The first kappa shape index (κ1) is 10.8. The first-order valence-electron chi connectivity index (χ1n) is 5.30. The van der Waals surface area contributed by atoms with E-state index >= 15 is 0 Å². The van der Waals surface area contributed by atoms with Gasteiger partial charge in [0.25, 0.3) is 0 Å². The summed E-state index contributed by atoms with van der Waals surface area (Å²) in [6, 6.07) is 7.70. The first-order valence-corrected chi connectivity index (χ1v) is 5.30. The van der Waals surface area contributed by atoms with Gasteiger partial charge in [-0.15, -0.1) is 0 Å². The van der Waals surface area contributed by atoms with Crippen molar-refractivity contribution in [2.24, 2.45) is 0 Å². The van der Waals surface area contributed by atoms with Crippen molar-refractivity contribution in [1.29, 1.82) is 0 Å². The monoisotopic (exact) mass is 214 g/mol. The molecule has 1 atom stereocenters. The van der Waals surface area contributed by atoms with Crippen LogP contribution in [0.15, 0.2) is 49.1 Å². The maximum Gasteiger partial charge on any atom is 0.0621 e. The van der Waals surface area contributed by atoms with Crippen LogP contribution in [0.5, 0.6) is 0 Å². The molecular weight excluding hydrogens is 200 g/mol. The van der Waals surface area contributed by atoms with Gasteiger partial charge in [0.15, 0.2) is 0 Å². The summed E-state index contributed by atoms with van der Waals surface area (Å²) in [7, 11) is 0. The normalized spacial score (nSPS) is 12.3. The molecule has 82 valence electrons. The van der Waals surface area contributed by atoms with Gasteiger partial charge in [-0.3, -0.25) is 9.97 Å². The molecule has 2 aromatic heterocycles. The van der Waals surface area contributed by atoms with Gasteiger partial charge < -0.3 is 5.11 Å². The average Bonchev–Trinajstić information content (AvgIpc) is 2.31. The number of hydrogen-bond acceptors (Lipinski definition) is 3. The van der Waals surface area contributed by atoms with Crippen LogP contribution in [0, 0.1) is 0 Å². The number of aromatic nitrogens is 2. The lowest BCUT2D eigenvalue weighted by molar-refractivity contribution is 0.175. The zero-order valence-corrected chi connectivity index (χ0v) is 8.95. The van der Waals surface area contributed by atoms with Crippen LogP contribution in [0.1, 0.15) is 11.1 Å². The minimum atomic E-state index is -0.369. The SMILES string of the molecule is OC(Cc1ccncc1)Cc1cccnc1. The molecule has 2 rings (SSSR count). The van der Waals surface area contributed by atoms with Crippen molar-refractivity contribution in [3.63, 3.8) is 0 Å². The third-order valence-corrected chi connectivity index (χ3v) is 2.41. The lowest BCUT2D eigenvalue weighted by Crippen LogP contribution is -2.13. The van der Waals surface area contributed by atoms with E-state index in [0.29, 0.717) is 12.8 Å². The average molecular weight is 214 g/mol. The van der Waals surface area contributed by atoms with E-state index in [1.807, 2.05) is 24.3 Å². The fourth-order valence-corrected chi connectivity index (χ4v) is 1.65. The molecule has 0 aliphatic heterocycles. The van der Waals surface area contributed by atoms with Crippen LogP contribution in [0.3, 0.4) is 0 Å². The Kier molecular flexibility index (Phi) is 3.62. The topological polar surface area (TPSA) is 46.0 Å². The molecule has 2 heterocycles. The molecule has 1 N–H and O–H groups in total. The van der Waals surface area contributed by atoms with Crippen LogP contribution in [-0.2, 0) is 12.8 Å². The van der Waals surface area contributed by atoms with Crippen LogP contribution >= 0.6 is 0 Å². The van der Waals surface area contributed by atoms with E-state index in [0.717, 1.165) is 11.1 Å². The summed E-state index contributed by atoms with van der Waals surface area (Å²) >= 11 is 0. The van der Waals surface area contributed by atoms with Crippen molar-refractivity contribution in [3.8, 4) is 0 Å². The number of pyridine rings is 2. The molecule has 1 unspecified atom stereocenters. The van der Waals surface area contributed by atoms with Crippen LogP contribution in [0.25, 0.3) is 0 Å². The molecule has 3 heteroatoms. The van der Waals surface area contributed by atoms with Gasteiger partial charge in [-0.05, 0) is 35.7 Å². The maximum atomic E-state index is 9.91. The molecule has 0 aliphatic rings. The Morgan fingerprint density at radius 1 is 0.938 bits per heavy atom. The minimum Gasteiger partial charge on any atom is -0.392 e. The number of nitrogens with zero attached hydrogens (tertiary/aromatic N) is 2. The predicted octanol–water partition coefficient (Wildman–Crippen LogP) is 1.62. The second-order valence-corrected chi connectivity index (χ2v) is 3.78. The second-order valence-electron chi connectivity index (χ2n) is 3.78. The summed E-state index contributed by atoms with van der Waals surface area (Å²) in [4.78, 5) is 7.97. The molecular formula is C13H14N2O. The van der Waals surface area contributed by atoms with Gasteiger partial charge >= 0.3 is 0 Å². The van der Waals surface area contributed by atoms with Gasteiger partial charge in [-0.1, -0.05) is 6.07 Å². The summed E-state index contributed by atoms with van der Waals surface area (Å²) in [6.45, 7) is 0. The summed E-state index contributed by atoms with van der Waals surface area (Å²) in [5.41, 5.74) is 2.16. The molecule has 3 nitrogen and oxygen atoms in total. The lowest BCUT2D eigenvalue weighted by Gasteiger charge is -2.09. The number of rotatable bonds is 4. The van der Waals surface area contributed by atoms with E-state index in [1.165, 1.54) is 0 Å². The van der Waals surface area contributed by atoms with E-state index in [1.54, 1.807) is 24.8 Å². The first-order chi connectivity index (χ1) is 7.84. The third kappa shape index (κ3) is 3.14. The lowest BCUT2D eigenvalue weighted by atomic mass is 10.0. The van der Waals surface area contributed by atoms with Crippen molar-refractivity contribution in [3.05, 3.63) is 60.2 Å². The van der Waals surface area contributed by atoms with Crippen molar-refractivity contribution in [1.82, 2.24) is 9.97 Å². The molecule has 0 aliphatic carbocycles. The molecule has 0 bridgehead atoms. The molecule has 0 amide bonds. The highest BCUT2D eigenvalue weighted by molar-refractivity contribution is 5.14. The fourth-order valence-electron chi connectivity index (χ4n) is 1.65. The second kappa shape index (κ2) is 5.37. The number of hydrogen-bond donors (Lipinski definition) is 1. The Morgan fingerprint density at radius 2 is 1.69 bits per heavy atom. The summed E-state index contributed by atoms with van der Waals surface area (Å²) in [5.74, 6) is 0. The summed E-state index contributed by atoms with van der Waals surface area (Å²) in [6.07, 6.45) is 7.92. The smallest absolute Gasteiger partial charge is 0.0621 e. The van der Waals surface area contributed by atoms with E-state index in [9.17, 15) is 5.11 Å². The number of aliphatic hydroxyl groups excluding tert-OH is 1. The Morgan fingerprint density at radius 3 is 2.38 bits per heavy atom. The van der Waals surface area contributed by atoms with Crippen LogP contribution in [-0.4, -0.2) is 21.2 Å². The third-order valence-electron chi connectivity index (χ3n) is 2.41. The summed E-state index contributed by atoms with van der Waals surface area (Å²) < 4.78 is 0. The Balaban J connectivity index is 1.92. The van der Waals surface area contributed by atoms with Gasteiger partial charge in [0, 0.05) is 31.2 Å². The van der Waals surface area contributed by atoms with Crippen LogP contribution < -0.4 is 0 Å². The maximum absolute atomic E-state index is 9.91. The molecule has 0 radical (unpaired) electrons. The molecule has 16 heavy (non-hydrogen) atoms. The minimum absolute atomic E-state index is 0.369. The Labute approximate surface area is 94.8 Å². The molecule has 0 spiro atoms. The molecule has 0 saturated carbocycles. The highest BCUT2D eigenvalue weighted by Gasteiger charge is 2.06. The van der Waals surface area contributed by atoms with Gasteiger partial charge in [-0.2, -0.15) is 0 Å². The summed E-state index contributed by atoms with van der Waals surface area (Å²) in [5, 5.41) is 9.91. The molecule has 0 aromatic carbocycles. The fraction of sp³-hybridized carbons (Fsp3) is 0.231. The quantitative estimate of drug-likeness (QED) is 0.841. The van der Waals surface area contributed by atoms with E-state index < -0.39 is 0 Å². The molecule has 2 aromatic rings. The highest BCUT2D eigenvalue weighted by atomic mass is 16.3. The molecule has 0 fully saturated rings.